The van der Waals surface area contributed by atoms with Crippen molar-refractivity contribution in [2.75, 3.05) is 6.54 Å². The molecule has 0 radical (unpaired) electrons. The third kappa shape index (κ3) is 3.98. The summed E-state index contributed by atoms with van der Waals surface area (Å²) in [4.78, 5) is 35.9. The van der Waals surface area contributed by atoms with Crippen LogP contribution in [0.5, 0.6) is 0 Å². The summed E-state index contributed by atoms with van der Waals surface area (Å²) in [5.41, 5.74) is 4.20. The molecule has 0 bridgehead atoms. The Morgan fingerprint density at radius 2 is 2.00 bits per heavy atom. The second kappa shape index (κ2) is 8.17. The molecule has 0 spiro atoms. The van der Waals surface area contributed by atoms with E-state index in [1.54, 1.807) is 29.7 Å². The number of rotatable bonds is 3. The smallest absolute Gasteiger partial charge is 0.290 e. The zero-order valence-corrected chi connectivity index (χ0v) is 15.6. The van der Waals surface area contributed by atoms with Gasteiger partial charge in [0.15, 0.2) is 5.69 Å². The van der Waals surface area contributed by atoms with Gasteiger partial charge in [0, 0.05) is 55.0 Å². The lowest BCUT2D eigenvalue weighted by Crippen LogP contribution is -2.37. The van der Waals surface area contributed by atoms with Crippen LogP contribution in [-0.2, 0) is 17.8 Å². The van der Waals surface area contributed by atoms with Crippen molar-refractivity contribution in [3.63, 3.8) is 0 Å². The molecule has 4 heterocycles. The fraction of sp³-hybridized carbons (Fsp3) is 0.300. The number of aromatic nitrogens is 4. The number of amides is 1. The molecule has 0 aromatic carbocycles. The Balaban J connectivity index is 0.000000645. The minimum atomic E-state index is -0.250. The maximum Gasteiger partial charge on any atom is 0.290 e. The van der Waals surface area contributed by atoms with Gasteiger partial charge in [0.2, 0.25) is 0 Å². The number of carboxylic acid groups (broad SMARTS) is 1. The second-order valence-corrected chi connectivity index (χ2v) is 6.85. The first-order valence-electron chi connectivity index (χ1n) is 9.28. The SMILES string of the molecule is O=C(c1cc(C2CC2)on1)N1CCc2ncnc(-c3ccncc3)c2C1.O=CO. The highest BCUT2D eigenvalue weighted by atomic mass is 16.5. The zero-order chi connectivity index (χ0) is 20.2. The van der Waals surface area contributed by atoms with E-state index in [2.05, 4.69) is 20.1 Å². The van der Waals surface area contributed by atoms with Gasteiger partial charge in [0.1, 0.15) is 12.1 Å². The minimum absolute atomic E-state index is 0.101. The van der Waals surface area contributed by atoms with Crippen molar-refractivity contribution in [1.29, 1.82) is 0 Å². The average molecular weight is 393 g/mol. The molecule has 29 heavy (non-hydrogen) atoms. The highest BCUT2D eigenvalue weighted by Gasteiger charge is 2.31. The fourth-order valence-electron chi connectivity index (χ4n) is 3.39. The van der Waals surface area contributed by atoms with Gasteiger partial charge in [-0.15, -0.1) is 0 Å². The first kappa shape index (κ1) is 18.7. The summed E-state index contributed by atoms with van der Waals surface area (Å²) in [5, 5.41) is 10.9. The maximum atomic E-state index is 12.9. The van der Waals surface area contributed by atoms with Gasteiger partial charge in [-0.25, -0.2) is 9.97 Å². The molecule has 2 aliphatic rings. The van der Waals surface area contributed by atoms with E-state index < -0.39 is 0 Å². The summed E-state index contributed by atoms with van der Waals surface area (Å²) in [6.07, 6.45) is 8.01. The summed E-state index contributed by atoms with van der Waals surface area (Å²) < 4.78 is 5.33. The minimum Gasteiger partial charge on any atom is -0.483 e. The Hall–Kier alpha value is -3.62. The van der Waals surface area contributed by atoms with E-state index in [9.17, 15) is 4.79 Å². The van der Waals surface area contributed by atoms with E-state index in [1.807, 2.05) is 12.1 Å². The largest absolute Gasteiger partial charge is 0.483 e. The first-order valence-corrected chi connectivity index (χ1v) is 9.28. The van der Waals surface area contributed by atoms with Gasteiger partial charge in [-0.2, -0.15) is 0 Å². The molecule has 5 rings (SSSR count). The van der Waals surface area contributed by atoms with Gasteiger partial charge < -0.3 is 14.5 Å². The van der Waals surface area contributed by atoms with Gasteiger partial charge in [-0.05, 0) is 25.0 Å². The Morgan fingerprint density at radius 3 is 2.72 bits per heavy atom. The van der Waals surface area contributed by atoms with E-state index in [-0.39, 0.29) is 12.4 Å². The lowest BCUT2D eigenvalue weighted by Gasteiger charge is -2.28. The molecule has 0 atom stereocenters. The predicted molar refractivity (Wildman–Crippen MR) is 101 cm³/mol. The molecule has 3 aromatic rings. The zero-order valence-electron chi connectivity index (χ0n) is 15.6. The monoisotopic (exact) mass is 393 g/mol. The number of pyridine rings is 1. The normalized spacial score (nSPS) is 15.1. The molecule has 1 aliphatic heterocycles. The molecule has 0 saturated heterocycles. The lowest BCUT2D eigenvalue weighted by atomic mass is 9.99. The molecule has 0 unspecified atom stereocenters. The van der Waals surface area contributed by atoms with Crippen LogP contribution in [0.2, 0.25) is 0 Å². The second-order valence-electron chi connectivity index (χ2n) is 6.85. The molecule has 9 nitrogen and oxygen atoms in total. The van der Waals surface area contributed by atoms with Crippen LogP contribution in [0, 0.1) is 0 Å². The Kier molecular flexibility index (Phi) is 5.28. The molecule has 148 valence electrons. The maximum absolute atomic E-state index is 12.9. The van der Waals surface area contributed by atoms with Crippen LogP contribution >= 0.6 is 0 Å². The molecular weight excluding hydrogens is 374 g/mol. The Morgan fingerprint density at radius 1 is 1.24 bits per heavy atom. The number of nitrogens with zero attached hydrogens (tertiary/aromatic N) is 5. The van der Waals surface area contributed by atoms with Gasteiger partial charge in [0.05, 0.1) is 11.4 Å². The van der Waals surface area contributed by atoms with Crippen molar-refractivity contribution in [2.45, 2.75) is 31.7 Å². The molecule has 1 N–H and O–H groups in total. The highest BCUT2D eigenvalue weighted by Crippen LogP contribution is 2.40. The van der Waals surface area contributed by atoms with Crippen molar-refractivity contribution in [2.24, 2.45) is 0 Å². The van der Waals surface area contributed by atoms with Crippen LogP contribution in [0.15, 0.2) is 41.4 Å². The number of carbonyl (C=O) groups is 2. The van der Waals surface area contributed by atoms with E-state index in [0.29, 0.717) is 31.1 Å². The molecule has 9 heteroatoms. The van der Waals surface area contributed by atoms with Crippen molar-refractivity contribution in [3.8, 4) is 11.3 Å². The van der Waals surface area contributed by atoms with Crippen LogP contribution in [-0.4, -0.2) is 49.0 Å². The third-order valence-electron chi connectivity index (χ3n) is 4.97. The van der Waals surface area contributed by atoms with Gasteiger partial charge in [-0.1, -0.05) is 5.16 Å². The van der Waals surface area contributed by atoms with Crippen LogP contribution in [0.3, 0.4) is 0 Å². The number of fused-ring (bicyclic) bond motifs is 1. The molecule has 1 saturated carbocycles. The fourth-order valence-corrected chi connectivity index (χ4v) is 3.39. The van der Waals surface area contributed by atoms with Gasteiger partial charge in [0.25, 0.3) is 12.4 Å². The van der Waals surface area contributed by atoms with Crippen molar-refractivity contribution in [1.82, 2.24) is 25.0 Å². The predicted octanol–water partition coefficient (Wildman–Crippen LogP) is 2.30. The average Bonchev–Trinajstić information content (AvgIpc) is 3.50. The van der Waals surface area contributed by atoms with E-state index in [0.717, 1.165) is 41.1 Å². The molecule has 3 aromatic heterocycles. The van der Waals surface area contributed by atoms with Crippen molar-refractivity contribution in [3.05, 3.63) is 59.6 Å². The quantitative estimate of drug-likeness (QED) is 0.673. The van der Waals surface area contributed by atoms with Crippen molar-refractivity contribution >= 4 is 12.4 Å². The van der Waals surface area contributed by atoms with Crippen LogP contribution in [0.25, 0.3) is 11.3 Å². The van der Waals surface area contributed by atoms with Crippen molar-refractivity contribution < 1.29 is 19.2 Å². The lowest BCUT2D eigenvalue weighted by molar-refractivity contribution is -0.122. The van der Waals surface area contributed by atoms with Gasteiger partial charge >= 0.3 is 0 Å². The first-order chi connectivity index (χ1) is 14.2. The number of carbonyl (C=O) groups excluding carboxylic acids is 1. The van der Waals surface area contributed by atoms with Crippen LogP contribution in [0.4, 0.5) is 0 Å². The summed E-state index contributed by atoms with van der Waals surface area (Å²) in [7, 11) is 0. The number of hydrogen-bond acceptors (Lipinski definition) is 7. The standard InChI is InChI=1S/C19H17N5O2.CH2O2/c25-19(16-9-17(26-23-16)12-1-2-12)24-8-5-15-14(10-24)18(22-11-21-15)13-3-6-20-7-4-13;2-1-3/h3-4,6-7,9,11-12H,1-2,5,8,10H2;1H,(H,2,3). The number of hydrogen-bond donors (Lipinski definition) is 1. The summed E-state index contributed by atoms with van der Waals surface area (Å²) in [5.74, 6) is 1.17. The summed E-state index contributed by atoms with van der Waals surface area (Å²) in [6.45, 7) is 0.836. The van der Waals surface area contributed by atoms with E-state index >= 15 is 0 Å². The highest BCUT2D eigenvalue weighted by molar-refractivity contribution is 5.92. The summed E-state index contributed by atoms with van der Waals surface area (Å²) in [6, 6.07) is 5.63. The van der Waals surface area contributed by atoms with E-state index in [4.69, 9.17) is 14.4 Å². The van der Waals surface area contributed by atoms with Gasteiger partial charge in [-0.3, -0.25) is 14.6 Å². The molecule has 1 amide bonds. The summed E-state index contributed by atoms with van der Waals surface area (Å²) >= 11 is 0. The molecule has 1 fully saturated rings. The Labute approximate surface area is 166 Å². The molecule has 1 aliphatic carbocycles. The van der Waals surface area contributed by atoms with Crippen LogP contribution in [0.1, 0.15) is 46.3 Å². The van der Waals surface area contributed by atoms with E-state index in [1.165, 1.54) is 0 Å². The third-order valence-corrected chi connectivity index (χ3v) is 4.97. The van der Waals surface area contributed by atoms with Crippen LogP contribution < -0.4 is 0 Å². The topological polar surface area (TPSA) is 122 Å². The Bertz CT molecular complexity index is 1020. The molecular formula is C20H19N5O4.